The first kappa shape index (κ1) is 8.99. The molecule has 4 heteroatoms. The highest BCUT2D eigenvalue weighted by Crippen LogP contribution is 2.06. The van der Waals surface area contributed by atoms with Crippen LogP contribution >= 0.6 is 0 Å². The molecule has 1 rings (SSSR count). The Balaban J connectivity index is 2.61. The summed E-state index contributed by atoms with van der Waals surface area (Å²) in [4.78, 5) is 1.93. The second-order valence-electron chi connectivity index (χ2n) is 2.89. The van der Waals surface area contributed by atoms with Crippen LogP contribution in [0.1, 0.15) is 6.92 Å². The third-order valence-electron chi connectivity index (χ3n) is 2.12. The van der Waals surface area contributed by atoms with Gasteiger partial charge in [0.15, 0.2) is 0 Å². The van der Waals surface area contributed by atoms with Crippen molar-refractivity contribution in [2.24, 2.45) is 0 Å². The van der Waals surface area contributed by atoms with Crippen molar-refractivity contribution in [1.82, 2.24) is 10.2 Å². The van der Waals surface area contributed by atoms with E-state index in [1.165, 1.54) is 0 Å². The smallest absolute Gasteiger partial charge is 0.111 e. The lowest BCUT2D eigenvalue weighted by atomic mass is 10.1. The van der Waals surface area contributed by atoms with Gasteiger partial charge in [-0.2, -0.15) is 10.5 Å². The van der Waals surface area contributed by atoms with Gasteiger partial charge in [-0.15, -0.1) is 0 Å². The molecule has 0 amide bonds. The maximum atomic E-state index is 8.76. The Morgan fingerprint density at radius 3 is 2.92 bits per heavy atom. The maximum Gasteiger partial charge on any atom is 0.111 e. The molecule has 4 nitrogen and oxygen atoms in total. The molecule has 12 heavy (non-hydrogen) atoms. The molecule has 1 aliphatic heterocycles. The second-order valence-corrected chi connectivity index (χ2v) is 2.89. The predicted molar refractivity (Wildman–Crippen MR) is 44.1 cm³/mol. The van der Waals surface area contributed by atoms with Crippen LogP contribution in [-0.2, 0) is 0 Å². The number of nitriles is 2. The van der Waals surface area contributed by atoms with Crippen LogP contribution in [0, 0.1) is 22.7 Å². The van der Waals surface area contributed by atoms with Crippen LogP contribution in [0.25, 0.3) is 0 Å². The molecule has 1 heterocycles. The van der Waals surface area contributed by atoms with E-state index in [-0.39, 0.29) is 12.1 Å². The molecule has 0 aromatic heterocycles. The zero-order valence-electron chi connectivity index (χ0n) is 7.12. The van der Waals surface area contributed by atoms with Crippen molar-refractivity contribution in [1.29, 1.82) is 10.5 Å². The van der Waals surface area contributed by atoms with Crippen molar-refractivity contribution < 1.29 is 0 Å². The molecule has 2 atom stereocenters. The minimum atomic E-state index is -0.156. The van der Waals surface area contributed by atoms with Gasteiger partial charge in [0.1, 0.15) is 6.04 Å². The topological polar surface area (TPSA) is 62.9 Å². The lowest BCUT2D eigenvalue weighted by Gasteiger charge is -2.33. The molecule has 0 aliphatic carbocycles. The van der Waals surface area contributed by atoms with Crippen molar-refractivity contribution in [3.8, 4) is 12.1 Å². The Morgan fingerprint density at radius 2 is 2.33 bits per heavy atom. The van der Waals surface area contributed by atoms with Gasteiger partial charge < -0.3 is 5.32 Å². The molecule has 64 valence electrons. The van der Waals surface area contributed by atoms with Gasteiger partial charge in [-0.3, -0.25) is 4.90 Å². The third kappa shape index (κ3) is 1.73. The van der Waals surface area contributed by atoms with Crippen molar-refractivity contribution in [2.75, 3.05) is 19.6 Å². The highest BCUT2D eigenvalue weighted by atomic mass is 15.2. The number of hydrogen-bond donors (Lipinski definition) is 1. The summed E-state index contributed by atoms with van der Waals surface area (Å²) in [5.41, 5.74) is 0. The van der Waals surface area contributed by atoms with Crippen molar-refractivity contribution in [3.05, 3.63) is 0 Å². The van der Waals surface area contributed by atoms with E-state index in [2.05, 4.69) is 17.5 Å². The number of hydrogen-bond acceptors (Lipinski definition) is 4. The first-order valence-electron chi connectivity index (χ1n) is 4.05. The van der Waals surface area contributed by atoms with E-state index < -0.39 is 0 Å². The van der Waals surface area contributed by atoms with Crippen LogP contribution in [-0.4, -0.2) is 36.6 Å². The molecule has 1 N–H and O–H groups in total. The van der Waals surface area contributed by atoms with Gasteiger partial charge in [-0.25, -0.2) is 0 Å². The average molecular weight is 164 g/mol. The summed E-state index contributed by atoms with van der Waals surface area (Å²) in [5, 5.41) is 20.6. The molecule has 0 aromatic rings. The van der Waals surface area contributed by atoms with Crippen molar-refractivity contribution in [2.45, 2.75) is 19.0 Å². The van der Waals surface area contributed by atoms with Crippen LogP contribution in [0.4, 0.5) is 0 Å². The third-order valence-corrected chi connectivity index (χ3v) is 2.12. The molecule has 0 radical (unpaired) electrons. The Bertz CT molecular complexity index is 224. The van der Waals surface area contributed by atoms with Gasteiger partial charge in [0, 0.05) is 19.6 Å². The standard InChI is InChI=1S/C8H12N4/c1-7(4-9)12-3-2-11-6-8(12)5-10/h7-8,11H,2-3,6H2,1H3. The zero-order chi connectivity index (χ0) is 8.97. The Hall–Kier alpha value is -1.10. The highest BCUT2D eigenvalue weighted by molar-refractivity contribution is 5.02. The second kappa shape index (κ2) is 4.06. The summed E-state index contributed by atoms with van der Waals surface area (Å²) in [6.45, 7) is 4.15. The monoisotopic (exact) mass is 164 g/mol. The van der Waals surface area contributed by atoms with Crippen LogP contribution in [0.3, 0.4) is 0 Å². The van der Waals surface area contributed by atoms with Gasteiger partial charge >= 0.3 is 0 Å². The van der Waals surface area contributed by atoms with E-state index in [4.69, 9.17) is 10.5 Å². The minimum absolute atomic E-state index is 0.145. The average Bonchev–Trinajstić information content (AvgIpc) is 2.16. The van der Waals surface area contributed by atoms with E-state index in [0.29, 0.717) is 6.54 Å². The van der Waals surface area contributed by atoms with Gasteiger partial charge in [0.05, 0.1) is 18.2 Å². The van der Waals surface area contributed by atoms with Crippen LogP contribution in [0.2, 0.25) is 0 Å². The van der Waals surface area contributed by atoms with Gasteiger partial charge in [0.25, 0.3) is 0 Å². The normalized spacial score (nSPS) is 27.1. The molecule has 1 aliphatic rings. The van der Waals surface area contributed by atoms with E-state index in [0.717, 1.165) is 13.1 Å². The molecule has 1 fully saturated rings. The summed E-state index contributed by atoms with van der Waals surface area (Å²) in [6.07, 6.45) is 0. The summed E-state index contributed by atoms with van der Waals surface area (Å²) in [7, 11) is 0. The summed E-state index contributed by atoms with van der Waals surface area (Å²) >= 11 is 0. The molecule has 1 saturated heterocycles. The number of nitrogens with zero attached hydrogens (tertiary/aromatic N) is 3. The first-order chi connectivity index (χ1) is 5.79. The Morgan fingerprint density at radius 1 is 1.58 bits per heavy atom. The lowest BCUT2D eigenvalue weighted by molar-refractivity contribution is 0.175. The molecule has 2 unspecified atom stereocenters. The fourth-order valence-corrected chi connectivity index (χ4v) is 1.38. The van der Waals surface area contributed by atoms with Crippen molar-refractivity contribution >= 4 is 0 Å². The van der Waals surface area contributed by atoms with Gasteiger partial charge in [-0.05, 0) is 6.92 Å². The summed E-state index contributed by atoms with van der Waals surface area (Å²) < 4.78 is 0. The fraction of sp³-hybridized carbons (Fsp3) is 0.750. The zero-order valence-corrected chi connectivity index (χ0v) is 7.12. The summed E-state index contributed by atoms with van der Waals surface area (Å²) in [6, 6.07) is 4.03. The van der Waals surface area contributed by atoms with Gasteiger partial charge in [-0.1, -0.05) is 0 Å². The quantitative estimate of drug-likeness (QED) is 0.577. The van der Waals surface area contributed by atoms with E-state index in [9.17, 15) is 0 Å². The van der Waals surface area contributed by atoms with E-state index in [1.54, 1.807) is 0 Å². The van der Waals surface area contributed by atoms with E-state index in [1.807, 2.05) is 11.8 Å². The van der Waals surface area contributed by atoms with Crippen LogP contribution < -0.4 is 5.32 Å². The van der Waals surface area contributed by atoms with Crippen LogP contribution in [0.5, 0.6) is 0 Å². The Kier molecular flexibility index (Phi) is 3.04. The lowest BCUT2D eigenvalue weighted by Crippen LogP contribution is -2.53. The minimum Gasteiger partial charge on any atom is -0.313 e. The number of piperazine rings is 1. The molecule has 0 spiro atoms. The maximum absolute atomic E-state index is 8.76. The molecular weight excluding hydrogens is 152 g/mol. The van der Waals surface area contributed by atoms with Crippen LogP contribution in [0.15, 0.2) is 0 Å². The predicted octanol–water partition coefficient (Wildman–Crippen LogP) is -0.304. The SMILES string of the molecule is CC(C#N)N1CCNCC1C#N. The first-order valence-corrected chi connectivity index (χ1v) is 4.05. The van der Waals surface area contributed by atoms with Crippen molar-refractivity contribution in [3.63, 3.8) is 0 Å². The molecule has 0 aromatic carbocycles. The molecule has 0 bridgehead atoms. The van der Waals surface area contributed by atoms with E-state index >= 15 is 0 Å². The summed E-state index contributed by atoms with van der Waals surface area (Å²) in [5.74, 6) is 0. The van der Waals surface area contributed by atoms with Gasteiger partial charge in [0.2, 0.25) is 0 Å². The number of nitrogens with one attached hydrogen (secondary N) is 1. The molecular formula is C8H12N4. The highest BCUT2D eigenvalue weighted by Gasteiger charge is 2.25. The molecule has 0 saturated carbocycles. The Labute approximate surface area is 72.4 Å². The number of rotatable bonds is 1. The largest absolute Gasteiger partial charge is 0.313 e. The fourth-order valence-electron chi connectivity index (χ4n) is 1.38.